The van der Waals surface area contributed by atoms with Gasteiger partial charge in [-0.1, -0.05) is 73.1 Å². The summed E-state index contributed by atoms with van der Waals surface area (Å²) in [5.41, 5.74) is 1.96. The fourth-order valence-corrected chi connectivity index (χ4v) is 2.85. The average Bonchev–Trinajstić information content (AvgIpc) is 2.77. The van der Waals surface area contributed by atoms with Gasteiger partial charge in [-0.2, -0.15) is 0 Å². The van der Waals surface area contributed by atoms with E-state index < -0.39 is 0 Å². The molecule has 0 N–H and O–H groups in total. The number of allylic oxidation sites excluding steroid dienone is 1. The molecular formula is C26H42O4. The Morgan fingerprint density at radius 3 is 2.10 bits per heavy atom. The Bertz CT molecular complexity index is 672. The van der Waals surface area contributed by atoms with Crippen LogP contribution in [-0.2, 0) is 9.59 Å². The maximum atomic E-state index is 12.6. The maximum absolute atomic E-state index is 12.6. The molecular weight excluding hydrogens is 376 g/mol. The molecule has 1 fully saturated rings. The van der Waals surface area contributed by atoms with Crippen LogP contribution in [0.25, 0.3) is 5.57 Å². The Hall–Kier alpha value is -2.23. The van der Waals surface area contributed by atoms with Gasteiger partial charge >= 0.3 is 0 Å². The molecule has 1 aromatic rings. The Kier molecular flexibility index (Phi) is 17.6. The third kappa shape index (κ3) is 10.00. The van der Waals surface area contributed by atoms with Gasteiger partial charge < -0.3 is 4.74 Å². The first-order valence-electron chi connectivity index (χ1n) is 11.3. The van der Waals surface area contributed by atoms with Gasteiger partial charge in [0.2, 0.25) is 0 Å². The zero-order chi connectivity index (χ0) is 23.7. The largest absolute Gasteiger partial charge is 0.496 e. The third-order valence-corrected chi connectivity index (χ3v) is 4.50. The lowest BCUT2D eigenvalue weighted by molar-refractivity contribution is -0.132. The molecule has 0 amide bonds. The number of rotatable bonds is 6. The molecule has 0 saturated heterocycles. The summed E-state index contributed by atoms with van der Waals surface area (Å²) in [6, 6.07) is 5.27. The van der Waals surface area contributed by atoms with Gasteiger partial charge in [0.05, 0.1) is 13.5 Å². The summed E-state index contributed by atoms with van der Waals surface area (Å²) in [4.78, 5) is 35.8. The molecule has 170 valence electrons. The van der Waals surface area contributed by atoms with Crippen LogP contribution in [0.1, 0.15) is 103 Å². The molecule has 1 unspecified atom stereocenters. The van der Waals surface area contributed by atoms with E-state index in [4.69, 9.17) is 4.74 Å². The fourth-order valence-electron chi connectivity index (χ4n) is 2.85. The Labute approximate surface area is 184 Å². The predicted molar refractivity (Wildman–Crippen MR) is 127 cm³/mol. The highest BCUT2D eigenvalue weighted by atomic mass is 16.5. The molecule has 0 heterocycles. The second kappa shape index (κ2) is 17.6. The van der Waals surface area contributed by atoms with E-state index in [9.17, 15) is 14.4 Å². The monoisotopic (exact) mass is 418 g/mol. The number of hydrogen-bond donors (Lipinski definition) is 0. The molecule has 0 aliphatic heterocycles. The number of ether oxygens (including phenoxy) is 1. The molecule has 2 rings (SSSR count). The number of ketones is 3. The minimum Gasteiger partial charge on any atom is -0.496 e. The van der Waals surface area contributed by atoms with Crippen molar-refractivity contribution >= 4 is 22.9 Å². The number of methoxy groups -OCH3 is 1. The molecule has 0 radical (unpaired) electrons. The number of unbranched alkanes of at least 4 members (excludes halogenated alkanes) is 1. The lowest BCUT2D eigenvalue weighted by Gasteiger charge is -2.20. The predicted octanol–water partition coefficient (Wildman–Crippen LogP) is 7.10. The average molecular weight is 419 g/mol. The van der Waals surface area contributed by atoms with Gasteiger partial charge in [-0.15, -0.1) is 0 Å². The van der Waals surface area contributed by atoms with Crippen molar-refractivity contribution in [3.05, 3.63) is 35.9 Å². The van der Waals surface area contributed by atoms with Crippen LogP contribution < -0.4 is 4.74 Å². The normalized spacial score (nSPS) is 14.7. The first kappa shape index (κ1) is 30.0. The Balaban J connectivity index is 0. The molecule has 30 heavy (non-hydrogen) atoms. The molecule has 1 aliphatic carbocycles. The maximum Gasteiger partial charge on any atom is 0.164 e. The molecule has 1 aromatic carbocycles. The van der Waals surface area contributed by atoms with Crippen LogP contribution in [0.5, 0.6) is 5.75 Å². The van der Waals surface area contributed by atoms with Gasteiger partial charge in [0.1, 0.15) is 17.3 Å². The van der Waals surface area contributed by atoms with E-state index in [1.165, 1.54) is 12.8 Å². The van der Waals surface area contributed by atoms with Crippen molar-refractivity contribution in [1.82, 2.24) is 0 Å². The van der Waals surface area contributed by atoms with E-state index in [0.717, 1.165) is 5.57 Å². The molecule has 0 spiro atoms. The van der Waals surface area contributed by atoms with E-state index >= 15 is 0 Å². The summed E-state index contributed by atoms with van der Waals surface area (Å²) in [7, 11) is 1.55. The van der Waals surface area contributed by atoms with Gasteiger partial charge in [0, 0.05) is 29.9 Å². The van der Waals surface area contributed by atoms with Crippen molar-refractivity contribution in [2.24, 2.45) is 5.92 Å². The zero-order valence-electron chi connectivity index (χ0n) is 20.4. The first-order valence-corrected chi connectivity index (χ1v) is 11.3. The number of hydrogen-bond acceptors (Lipinski definition) is 4. The highest BCUT2D eigenvalue weighted by molar-refractivity contribution is 6.07. The summed E-state index contributed by atoms with van der Waals surface area (Å²) in [6.45, 7) is 18.1. The van der Waals surface area contributed by atoms with Crippen LogP contribution in [0.2, 0.25) is 0 Å². The van der Waals surface area contributed by atoms with Gasteiger partial charge in [-0.3, -0.25) is 14.4 Å². The first-order chi connectivity index (χ1) is 14.3. The summed E-state index contributed by atoms with van der Waals surface area (Å²) in [6.07, 6.45) is 3.59. The van der Waals surface area contributed by atoms with Crippen molar-refractivity contribution in [3.63, 3.8) is 0 Å². The van der Waals surface area contributed by atoms with Crippen molar-refractivity contribution in [3.8, 4) is 5.75 Å². The number of benzene rings is 1. The van der Waals surface area contributed by atoms with Crippen molar-refractivity contribution in [2.75, 3.05) is 7.11 Å². The van der Waals surface area contributed by atoms with Crippen LogP contribution in [0.4, 0.5) is 0 Å². The topological polar surface area (TPSA) is 60.4 Å². The summed E-state index contributed by atoms with van der Waals surface area (Å²) in [5.74, 6) is -0.00968. The Morgan fingerprint density at radius 1 is 1.10 bits per heavy atom. The second-order valence-corrected chi connectivity index (χ2v) is 6.71. The van der Waals surface area contributed by atoms with Crippen LogP contribution in [0.15, 0.2) is 24.8 Å². The highest BCUT2D eigenvalue weighted by Gasteiger charge is 2.29. The van der Waals surface area contributed by atoms with Gasteiger partial charge in [-0.05, 0) is 25.0 Å². The highest BCUT2D eigenvalue weighted by Crippen LogP contribution is 2.31. The summed E-state index contributed by atoms with van der Waals surface area (Å²) < 4.78 is 5.30. The van der Waals surface area contributed by atoms with Crippen molar-refractivity contribution in [1.29, 1.82) is 0 Å². The van der Waals surface area contributed by atoms with E-state index in [1.807, 2.05) is 34.6 Å². The summed E-state index contributed by atoms with van der Waals surface area (Å²) >= 11 is 0. The van der Waals surface area contributed by atoms with Crippen LogP contribution in [0.3, 0.4) is 0 Å². The van der Waals surface area contributed by atoms with E-state index in [2.05, 4.69) is 20.4 Å². The smallest absolute Gasteiger partial charge is 0.164 e. The van der Waals surface area contributed by atoms with Crippen molar-refractivity contribution < 1.29 is 19.1 Å². The van der Waals surface area contributed by atoms with Crippen LogP contribution >= 0.6 is 0 Å². The van der Waals surface area contributed by atoms with E-state index in [-0.39, 0.29) is 36.1 Å². The molecule has 1 aliphatic rings. The number of carbonyl (C=O) groups excluding carboxylic acids is 3. The van der Waals surface area contributed by atoms with Crippen LogP contribution in [0, 0.1) is 5.92 Å². The van der Waals surface area contributed by atoms with Gasteiger partial charge in [0.25, 0.3) is 0 Å². The quantitative estimate of drug-likeness (QED) is 0.365. The standard InChI is InChI=1S/C18H20O4.C4H10.2C2H6/c1-11(2)18-14(5-4-6-17(18)22-3)16(21)9-12-7-8-13(19)10-15(12)20;1-3-4-2;2*1-2/h4-6,12H,1,7-10H2,2-3H3;3-4H2,1-2H3;2*1-2H3. The van der Waals surface area contributed by atoms with E-state index in [0.29, 0.717) is 29.7 Å². The molecule has 0 aromatic heterocycles. The number of carbonyl (C=O) groups is 3. The summed E-state index contributed by atoms with van der Waals surface area (Å²) in [5, 5.41) is 0. The van der Waals surface area contributed by atoms with Crippen molar-refractivity contribution in [2.45, 2.75) is 87.0 Å². The van der Waals surface area contributed by atoms with Gasteiger partial charge in [-0.25, -0.2) is 0 Å². The SMILES string of the molecule is C=C(C)c1c(OC)cccc1C(=O)CC1CCC(=O)CC1=O.CC.CC.CCCC. The fraction of sp³-hybridized carbons (Fsp3) is 0.577. The van der Waals surface area contributed by atoms with Gasteiger partial charge in [0.15, 0.2) is 5.78 Å². The third-order valence-electron chi connectivity index (χ3n) is 4.50. The Morgan fingerprint density at radius 2 is 1.67 bits per heavy atom. The molecule has 1 saturated carbocycles. The molecule has 4 heteroatoms. The number of Topliss-reactive ketones (excluding diaryl/α,β-unsaturated/α-hetero) is 3. The minimum absolute atomic E-state index is 0.0299. The van der Waals surface area contributed by atoms with Crippen LogP contribution in [-0.4, -0.2) is 24.5 Å². The molecule has 4 nitrogen and oxygen atoms in total. The molecule has 0 bridgehead atoms. The zero-order valence-corrected chi connectivity index (χ0v) is 20.4. The lowest BCUT2D eigenvalue weighted by atomic mass is 9.82. The lowest BCUT2D eigenvalue weighted by Crippen LogP contribution is -2.27. The van der Waals surface area contributed by atoms with E-state index in [1.54, 1.807) is 25.3 Å². The molecule has 1 atom stereocenters. The second-order valence-electron chi connectivity index (χ2n) is 6.71. The minimum atomic E-state index is -0.352.